The van der Waals surface area contributed by atoms with Crippen LogP contribution >= 0.6 is 11.3 Å². The summed E-state index contributed by atoms with van der Waals surface area (Å²) in [5, 5.41) is 7.68. The summed E-state index contributed by atoms with van der Waals surface area (Å²) < 4.78 is 0. The summed E-state index contributed by atoms with van der Waals surface area (Å²) in [6.45, 7) is 10.8. The fourth-order valence-electron chi connectivity index (χ4n) is 2.46. The van der Waals surface area contributed by atoms with Gasteiger partial charge in [-0.25, -0.2) is 0 Å². The normalized spacial score (nSPS) is 25.9. The zero-order valence-electron chi connectivity index (χ0n) is 12.4. The summed E-state index contributed by atoms with van der Waals surface area (Å²) in [5.41, 5.74) is 1.28. The van der Waals surface area contributed by atoms with E-state index in [2.05, 4.69) is 56.8 Å². The van der Waals surface area contributed by atoms with Crippen LogP contribution in [0.3, 0.4) is 0 Å². The Kier molecular flexibility index (Phi) is 4.02. The van der Waals surface area contributed by atoms with Gasteiger partial charge in [-0.05, 0) is 41.1 Å². The van der Waals surface area contributed by atoms with Crippen molar-refractivity contribution in [3.8, 4) is 0 Å². The number of thiophene rings is 1. The van der Waals surface area contributed by atoms with Gasteiger partial charge in [0, 0.05) is 6.04 Å². The van der Waals surface area contributed by atoms with Crippen LogP contribution in [0.5, 0.6) is 0 Å². The van der Waals surface area contributed by atoms with Crippen molar-refractivity contribution in [1.82, 2.24) is 10.2 Å². The van der Waals surface area contributed by atoms with E-state index in [0.29, 0.717) is 0 Å². The smallest absolute Gasteiger partial charge is 0.241 e. The van der Waals surface area contributed by atoms with Gasteiger partial charge in [0.2, 0.25) is 5.91 Å². The lowest BCUT2D eigenvalue weighted by atomic mass is 9.86. The van der Waals surface area contributed by atoms with Crippen molar-refractivity contribution >= 4 is 17.2 Å². The summed E-state index contributed by atoms with van der Waals surface area (Å²) in [6, 6.07) is 2.26. The van der Waals surface area contributed by atoms with Gasteiger partial charge in [-0.3, -0.25) is 10.1 Å². The van der Waals surface area contributed by atoms with E-state index in [4.69, 9.17) is 0 Å². The number of amides is 1. The van der Waals surface area contributed by atoms with E-state index in [1.54, 1.807) is 11.3 Å². The molecule has 0 aromatic carbocycles. The van der Waals surface area contributed by atoms with Gasteiger partial charge in [0.15, 0.2) is 0 Å². The molecule has 0 aliphatic carbocycles. The third-order valence-corrected chi connectivity index (χ3v) is 4.83. The van der Waals surface area contributed by atoms with Gasteiger partial charge in [-0.2, -0.15) is 11.3 Å². The lowest BCUT2D eigenvalue weighted by Gasteiger charge is -2.38. The van der Waals surface area contributed by atoms with Gasteiger partial charge in [0.05, 0.1) is 6.04 Å². The number of hydrogen-bond donors (Lipinski definition) is 1. The first-order chi connectivity index (χ1) is 8.86. The minimum absolute atomic E-state index is 0.0259. The largest absolute Gasteiger partial charge is 0.318 e. The van der Waals surface area contributed by atoms with Crippen molar-refractivity contribution in [3.05, 3.63) is 22.4 Å². The van der Waals surface area contributed by atoms with Gasteiger partial charge in [-0.1, -0.05) is 27.7 Å². The Morgan fingerprint density at radius 1 is 1.47 bits per heavy atom. The van der Waals surface area contributed by atoms with Crippen LogP contribution in [0.15, 0.2) is 16.8 Å². The summed E-state index contributed by atoms with van der Waals surface area (Å²) in [4.78, 5) is 14.6. The maximum Gasteiger partial charge on any atom is 0.241 e. The molecule has 1 N–H and O–H groups in total. The maximum absolute atomic E-state index is 12.6. The minimum Gasteiger partial charge on any atom is -0.318 e. The highest BCUT2D eigenvalue weighted by molar-refractivity contribution is 7.07. The SMILES string of the molecule is CCC1NC(c2ccsc2)N(C(C)C(C)(C)C)C1=O. The summed E-state index contributed by atoms with van der Waals surface area (Å²) in [7, 11) is 0. The van der Waals surface area contributed by atoms with Gasteiger partial charge < -0.3 is 4.90 Å². The highest BCUT2D eigenvalue weighted by Gasteiger charge is 2.44. The number of rotatable bonds is 3. The molecule has 2 rings (SSSR count). The molecule has 1 aliphatic heterocycles. The van der Waals surface area contributed by atoms with Crippen LogP contribution in [-0.2, 0) is 4.79 Å². The molecule has 106 valence electrons. The van der Waals surface area contributed by atoms with Crippen LogP contribution in [0.4, 0.5) is 0 Å². The first-order valence-corrected chi connectivity index (χ1v) is 7.91. The van der Waals surface area contributed by atoms with E-state index >= 15 is 0 Å². The second kappa shape index (κ2) is 5.25. The van der Waals surface area contributed by atoms with Crippen molar-refractivity contribution in [3.63, 3.8) is 0 Å². The van der Waals surface area contributed by atoms with Crippen LogP contribution in [-0.4, -0.2) is 22.9 Å². The molecule has 0 radical (unpaired) electrons. The summed E-state index contributed by atoms with van der Waals surface area (Å²) in [6.07, 6.45) is 0.866. The number of nitrogens with zero attached hydrogens (tertiary/aromatic N) is 1. The van der Waals surface area contributed by atoms with Crippen LogP contribution in [0.2, 0.25) is 0 Å². The molecule has 2 heterocycles. The molecule has 1 aromatic rings. The molecule has 1 aromatic heterocycles. The summed E-state index contributed by atoms with van der Waals surface area (Å²) in [5.74, 6) is 0.237. The molecular formula is C15H24N2OS. The van der Waals surface area contributed by atoms with Crippen molar-refractivity contribution in [2.45, 2.75) is 59.3 Å². The Bertz CT molecular complexity index is 435. The molecule has 3 nitrogen and oxygen atoms in total. The number of hydrogen-bond acceptors (Lipinski definition) is 3. The van der Waals surface area contributed by atoms with Crippen molar-refractivity contribution in [1.29, 1.82) is 0 Å². The monoisotopic (exact) mass is 280 g/mol. The topological polar surface area (TPSA) is 32.3 Å². The van der Waals surface area contributed by atoms with Crippen LogP contribution in [0.25, 0.3) is 0 Å². The molecule has 0 spiro atoms. The molecule has 1 aliphatic rings. The van der Waals surface area contributed by atoms with E-state index in [9.17, 15) is 4.79 Å². The molecule has 19 heavy (non-hydrogen) atoms. The van der Waals surface area contributed by atoms with Gasteiger partial charge in [0.1, 0.15) is 6.17 Å². The highest BCUT2D eigenvalue weighted by Crippen LogP contribution is 2.35. The van der Waals surface area contributed by atoms with E-state index in [1.165, 1.54) is 5.56 Å². The molecule has 1 amide bonds. The molecule has 0 bridgehead atoms. The predicted octanol–water partition coefficient (Wildman–Crippen LogP) is 3.39. The Morgan fingerprint density at radius 2 is 2.16 bits per heavy atom. The fraction of sp³-hybridized carbons (Fsp3) is 0.667. The average Bonchev–Trinajstić information content (AvgIpc) is 2.93. The summed E-state index contributed by atoms with van der Waals surface area (Å²) >= 11 is 1.68. The van der Waals surface area contributed by atoms with Crippen LogP contribution in [0, 0.1) is 5.41 Å². The first-order valence-electron chi connectivity index (χ1n) is 6.96. The van der Waals surface area contributed by atoms with E-state index in [-0.39, 0.29) is 29.6 Å². The highest BCUT2D eigenvalue weighted by atomic mass is 32.1. The third-order valence-electron chi connectivity index (χ3n) is 4.13. The van der Waals surface area contributed by atoms with Crippen molar-refractivity contribution in [2.75, 3.05) is 0 Å². The van der Waals surface area contributed by atoms with Gasteiger partial charge in [0.25, 0.3) is 0 Å². The second-order valence-corrected chi connectivity index (χ2v) is 7.15. The Hall–Kier alpha value is -0.870. The minimum atomic E-state index is -0.0466. The predicted molar refractivity (Wildman–Crippen MR) is 80.0 cm³/mol. The molecule has 0 saturated carbocycles. The quantitative estimate of drug-likeness (QED) is 0.920. The van der Waals surface area contributed by atoms with Gasteiger partial charge >= 0.3 is 0 Å². The van der Waals surface area contributed by atoms with Crippen LogP contribution < -0.4 is 5.32 Å². The third kappa shape index (κ3) is 2.70. The molecule has 1 fully saturated rings. The second-order valence-electron chi connectivity index (χ2n) is 6.37. The zero-order valence-corrected chi connectivity index (χ0v) is 13.3. The van der Waals surface area contributed by atoms with E-state index in [1.807, 2.05) is 4.90 Å². The van der Waals surface area contributed by atoms with Crippen molar-refractivity contribution in [2.24, 2.45) is 5.41 Å². The molecular weight excluding hydrogens is 256 g/mol. The molecule has 3 atom stereocenters. The van der Waals surface area contributed by atoms with Crippen LogP contribution in [0.1, 0.15) is 52.8 Å². The number of carbonyl (C=O) groups excluding carboxylic acids is 1. The first kappa shape index (κ1) is 14.5. The zero-order chi connectivity index (χ0) is 14.2. The Balaban J connectivity index is 2.33. The number of nitrogens with one attached hydrogen (secondary N) is 1. The van der Waals surface area contributed by atoms with E-state index < -0.39 is 0 Å². The van der Waals surface area contributed by atoms with E-state index in [0.717, 1.165) is 6.42 Å². The standard InChI is InChI=1S/C15H24N2OS/c1-6-12-14(18)17(10(2)15(3,4)5)13(16-12)11-7-8-19-9-11/h7-10,12-13,16H,6H2,1-5H3. The lowest BCUT2D eigenvalue weighted by Crippen LogP contribution is -2.45. The Morgan fingerprint density at radius 3 is 2.63 bits per heavy atom. The fourth-order valence-corrected chi connectivity index (χ4v) is 3.14. The Labute approximate surface area is 120 Å². The molecule has 1 saturated heterocycles. The molecule has 3 unspecified atom stereocenters. The molecule has 4 heteroatoms. The average molecular weight is 280 g/mol. The maximum atomic E-state index is 12.6. The van der Waals surface area contributed by atoms with Gasteiger partial charge in [-0.15, -0.1) is 0 Å². The number of carbonyl (C=O) groups is 1. The lowest BCUT2D eigenvalue weighted by molar-refractivity contribution is -0.134. The van der Waals surface area contributed by atoms with Crippen molar-refractivity contribution < 1.29 is 4.79 Å².